The van der Waals surface area contributed by atoms with Crippen molar-refractivity contribution >= 4 is 5.78 Å². The molecule has 0 amide bonds. The summed E-state index contributed by atoms with van der Waals surface area (Å²) >= 11 is 0. The monoisotopic (exact) mass is 262 g/mol. The highest BCUT2D eigenvalue weighted by Gasteiger charge is 2.05. The average molecular weight is 262 g/mol. The Labute approximate surface area is 117 Å². The highest BCUT2D eigenvalue weighted by Crippen LogP contribution is 2.21. The summed E-state index contributed by atoms with van der Waals surface area (Å²) in [5, 5.41) is 4.37. The van der Waals surface area contributed by atoms with E-state index in [1.54, 1.807) is 6.92 Å². The highest BCUT2D eigenvalue weighted by atomic mass is 16.1. The first kappa shape index (κ1) is 12.4. The van der Waals surface area contributed by atoms with Crippen molar-refractivity contribution in [3.05, 3.63) is 72.6 Å². The summed E-state index contributed by atoms with van der Waals surface area (Å²) in [5.41, 5.74) is 3.73. The van der Waals surface area contributed by atoms with Crippen LogP contribution in [0.15, 0.2) is 67.0 Å². The molecule has 3 rings (SSSR count). The van der Waals surface area contributed by atoms with Gasteiger partial charge < -0.3 is 0 Å². The quantitative estimate of drug-likeness (QED) is 0.674. The van der Waals surface area contributed by atoms with E-state index in [1.807, 2.05) is 71.7 Å². The Morgan fingerprint density at radius 1 is 1.00 bits per heavy atom. The minimum Gasteiger partial charge on any atom is -0.295 e. The molecule has 1 aromatic heterocycles. The molecule has 0 saturated carbocycles. The van der Waals surface area contributed by atoms with Crippen LogP contribution in [0, 0.1) is 0 Å². The van der Waals surface area contributed by atoms with Gasteiger partial charge in [-0.3, -0.25) is 4.79 Å². The van der Waals surface area contributed by atoms with Crippen molar-refractivity contribution in [3.8, 4) is 16.8 Å². The van der Waals surface area contributed by atoms with E-state index >= 15 is 0 Å². The van der Waals surface area contributed by atoms with Crippen LogP contribution in [0.4, 0.5) is 0 Å². The Kier molecular flexibility index (Phi) is 3.17. The molecule has 3 aromatic rings. The number of nitrogens with zero attached hydrogens (tertiary/aromatic N) is 2. The van der Waals surface area contributed by atoms with Crippen LogP contribution in [0.1, 0.15) is 17.3 Å². The zero-order valence-electron chi connectivity index (χ0n) is 11.2. The smallest absolute Gasteiger partial charge is 0.159 e. The molecule has 1 heterocycles. The molecule has 0 radical (unpaired) electrons. The molecule has 0 aliphatic heterocycles. The third kappa shape index (κ3) is 2.38. The van der Waals surface area contributed by atoms with Gasteiger partial charge in [0.1, 0.15) is 0 Å². The number of aromatic nitrogens is 2. The van der Waals surface area contributed by atoms with E-state index in [-0.39, 0.29) is 5.78 Å². The summed E-state index contributed by atoms with van der Waals surface area (Å²) in [6.45, 7) is 1.58. The van der Waals surface area contributed by atoms with Crippen molar-refractivity contribution in [2.24, 2.45) is 0 Å². The molecule has 0 bridgehead atoms. The fraction of sp³-hybridized carbons (Fsp3) is 0.0588. The Morgan fingerprint density at radius 3 is 2.55 bits per heavy atom. The van der Waals surface area contributed by atoms with Crippen LogP contribution in [-0.2, 0) is 0 Å². The second kappa shape index (κ2) is 5.13. The van der Waals surface area contributed by atoms with Gasteiger partial charge in [-0.05, 0) is 30.7 Å². The van der Waals surface area contributed by atoms with Crippen LogP contribution in [0.2, 0.25) is 0 Å². The van der Waals surface area contributed by atoms with Crippen LogP contribution in [0.5, 0.6) is 0 Å². The van der Waals surface area contributed by atoms with Gasteiger partial charge in [0.2, 0.25) is 0 Å². The van der Waals surface area contributed by atoms with Crippen LogP contribution in [0.3, 0.4) is 0 Å². The zero-order chi connectivity index (χ0) is 13.9. The van der Waals surface area contributed by atoms with E-state index in [0.717, 1.165) is 22.4 Å². The molecule has 0 aliphatic rings. The second-order valence-electron chi connectivity index (χ2n) is 4.65. The molecule has 0 unspecified atom stereocenters. The summed E-state index contributed by atoms with van der Waals surface area (Å²) in [5.74, 6) is 0.0716. The maximum Gasteiger partial charge on any atom is 0.159 e. The SMILES string of the molecule is CC(=O)c1cccc(-c2cnn(-c3ccccc3)c2)c1. The van der Waals surface area contributed by atoms with Gasteiger partial charge in [-0.25, -0.2) is 4.68 Å². The summed E-state index contributed by atoms with van der Waals surface area (Å²) < 4.78 is 1.83. The van der Waals surface area contributed by atoms with Gasteiger partial charge in [0.05, 0.1) is 11.9 Å². The molecule has 3 nitrogen and oxygen atoms in total. The second-order valence-corrected chi connectivity index (χ2v) is 4.65. The Balaban J connectivity index is 1.98. The van der Waals surface area contributed by atoms with Crippen molar-refractivity contribution in [3.63, 3.8) is 0 Å². The minimum absolute atomic E-state index is 0.0716. The molecular formula is C17H14N2O. The zero-order valence-corrected chi connectivity index (χ0v) is 11.2. The average Bonchev–Trinajstić information content (AvgIpc) is 2.98. The van der Waals surface area contributed by atoms with Gasteiger partial charge in [0, 0.05) is 17.3 Å². The number of rotatable bonds is 3. The van der Waals surface area contributed by atoms with E-state index in [1.165, 1.54) is 0 Å². The Morgan fingerprint density at radius 2 is 1.80 bits per heavy atom. The number of para-hydroxylation sites is 1. The summed E-state index contributed by atoms with van der Waals surface area (Å²) in [4.78, 5) is 11.4. The lowest BCUT2D eigenvalue weighted by Crippen LogP contribution is -1.92. The molecule has 0 atom stereocenters. The van der Waals surface area contributed by atoms with Crippen molar-refractivity contribution in [2.75, 3.05) is 0 Å². The number of benzene rings is 2. The summed E-state index contributed by atoms with van der Waals surface area (Å²) in [6, 6.07) is 17.5. The highest BCUT2D eigenvalue weighted by molar-refractivity contribution is 5.95. The van der Waals surface area contributed by atoms with Crippen molar-refractivity contribution < 1.29 is 4.79 Å². The molecule has 0 aliphatic carbocycles. The number of carbonyl (C=O) groups is 1. The number of ketones is 1. The van der Waals surface area contributed by atoms with Gasteiger partial charge in [-0.2, -0.15) is 5.10 Å². The van der Waals surface area contributed by atoms with Gasteiger partial charge in [-0.15, -0.1) is 0 Å². The molecule has 20 heavy (non-hydrogen) atoms. The van der Waals surface area contributed by atoms with E-state index in [0.29, 0.717) is 0 Å². The fourth-order valence-electron chi connectivity index (χ4n) is 2.11. The molecule has 0 N–H and O–H groups in total. The maximum atomic E-state index is 11.4. The molecule has 2 aromatic carbocycles. The van der Waals surface area contributed by atoms with E-state index in [9.17, 15) is 4.79 Å². The normalized spacial score (nSPS) is 10.4. The standard InChI is InChI=1S/C17H14N2O/c1-13(20)14-6-5-7-15(10-14)16-11-18-19(12-16)17-8-3-2-4-9-17/h2-12H,1H3. The van der Waals surface area contributed by atoms with Gasteiger partial charge in [-0.1, -0.05) is 36.4 Å². The van der Waals surface area contributed by atoms with Gasteiger partial charge in [0.25, 0.3) is 0 Å². The van der Waals surface area contributed by atoms with Crippen LogP contribution in [0.25, 0.3) is 16.8 Å². The largest absolute Gasteiger partial charge is 0.295 e. The predicted octanol–water partition coefficient (Wildman–Crippen LogP) is 3.74. The van der Waals surface area contributed by atoms with E-state index in [4.69, 9.17) is 0 Å². The van der Waals surface area contributed by atoms with Crippen molar-refractivity contribution in [1.82, 2.24) is 9.78 Å². The third-order valence-corrected chi connectivity index (χ3v) is 3.21. The molecule has 0 spiro atoms. The lowest BCUT2D eigenvalue weighted by Gasteiger charge is -2.01. The number of hydrogen-bond donors (Lipinski definition) is 0. The lowest BCUT2D eigenvalue weighted by atomic mass is 10.0. The van der Waals surface area contributed by atoms with Crippen molar-refractivity contribution in [1.29, 1.82) is 0 Å². The predicted molar refractivity (Wildman–Crippen MR) is 79.0 cm³/mol. The number of carbonyl (C=O) groups excluding carboxylic acids is 1. The summed E-state index contributed by atoms with van der Waals surface area (Å²) in [6.07, 6.45) is 3.78. The maximum absolute atomic E-state index is 11.4. The summed E-state index contributed by atoms with van der Waals surface area (Å²) in [7, 11) is 0. The minimum atomic E-state index is 0.0716. The molecule has 0 saturated heterocycles. The molecular weight excluding hydrogens is 248 g/mol. The van der Waals surface area contributed by atoms with Crippen LogP contribution >= 0.6 is 0 Å². The fourth-order valence-corrected chi connectivity index (χ4v) is 2.11. The number of hydrogen-bond acceptors (Lipinski definition) is 2. The van der Waals surface area contributed by atoms with Gasteiger partial charge in [0.15, 0.2) is 5.78 Å². The molecule has 98 valence electrons. The van der Waals surface area contributed by atoms with E-state index < -0.39 is 0 Å². The third-order valence-electron chi connectivity index (χ3n) is 3.21. The molecule has 3 heteroatoms. The lowest BCUT2D eigenvalue weighted by molar-refractivity contribution is 0.101. The first-order valence-corrected chi connectivity index (χ1v) is 6.45. The number of Topliss-reactive ketones (excluding diaryl/α,β-unsaturated/α-hetero) is 1. The first-order valence-electron chi connectivity index (χ1n) is 6.45. The first-order chi connectivity index (χ1) is 9.74. The molecule has 0 fully saturated rings. The Hall–Kier alpha value is -2.68. The van der Waals surface area contributed by atoms with Gasteiger partial charge >= 0.3 is 0 Å². The van der Waals surface area contributed by atoms with Crippen molar-refractivity contribution in [2.45, 2.75) is 6.92 Å². The Bertz CT molecular complexity index is 744. The topological polar surface area (TPSA) is 34.9 Å². The van der Waals surface area contributed by atoms with E-state index in [2.05, 4.69) is 5.10 Å². The van der Waals surface area contributed by atoms with Crippen LogP contribution in [-0.4, -0.2) is 15.6 Å². The van der Waals surface area contributed by atoms with Crippen LogP contribution < -0.4 is 0 Å².